The lowest BCUT2D eigenvalue weighted by Gasteiger charge is -1.80. The predicted molar refractivity (Wildman–Crippen MR) is 23.3 cm³/mol. The van der Waals surface area contributed by atoms with E-state index in [-0.39, 0.29) is 11.5 Å². The lowest BCUT2D eigenvalue weighted by molar-refractivity contribution is 0.249. The molecule has 0 radical (unpaired) electrons. The summed E-state index contributed by atoms with van der Waals surface area (Å²) < 4.78 is 12.1. The number of amides is 2. The second-order valence-corrected chi connectivity index (χ2v) is 0.974. The minimum absolute atomic E-state index is 0.107. The highest BCUT2D eigenvalue weighted by Crippen LogP contribution is 1.51. The van der Waals surface area contributed by atoms with E-state index >= 15 is 0 Å². The van der Waals surface area contributed by atoms with Crippen LogP contribution >= 0.6 is 0 Å². The minimum atomic E-state index is -0.830. The van der Waals surface area contributed by atoms with Crippen LogP contribution in [0.1, 0.15) is 0 Å². The van der Waals surface area contributed by atoms with Gasteiger partial charge < -0.3 is 5.73 Å². The largest absolute Gasteiger partial charge is 0.350 e. The number of primary amides is 1. The Bertz CT molecular complexity index is 116. The fraction of sp³-hybridized carbons (Fsp3) is 0. The second kappa shape index (κ2) is 3.29. The van der Waals surface area contributed by atoms with Gasteiger partial charge in [-0.1, -0.05) is 4.47 Å². The van der Waals surface area contributed by atoms with E-state index in [1.807, 2.05) is 0 Å². The zero-order chi connectivity index (χ0) is 5.70. The van der Waals surface area contributed by atoms with Crippen LogP contribution in [0.3, 0.4) is 0 Å². The molecule has 0 saturated carbocycles. The molecule has 0 spiro atoms. The van der Waals surface area contributed by atoms with Gasteiger partial charge in [-0.15, -0.1) is 0 Å². The molecule has 6 heteroatoms. The van der Waals surface area contributed by atoms with E-state index < -0.39 is 6.03 Å². The van der Waals surface area contributed by atoms with Crippen molar-refractivity contribution in [1.29, 1.82) is 0 Å². The quantitative estimate of drug-likeness (QED) is 0.434. The summed E-state index contributed by atoms with van der Waals surface area (Å²) in [6, 6.07) is -0.830. The summed E-state index contributed by atoms with van der Waals surface area (Å²) in [5, 5.41) is 0. The van der Waals surface area contributed by atoms with Crippen LogP contribution in [0.4, 0.5) is 4.79 Å². The Labute approximate surface area is 43.1 Å². The van der Waals surface area contributed by atoms with Crippen molar-refractivity contribution in [1.82, 2.24) is 5.43 Å². The summed E-state index contributed by atoms with van der Waals surface area (Å²) in [4.78, 5) is 9.62. The number of urea groups is 1. The first-order valence-electron chi connectivity index (χ1n) is 1.32. The number of nitrogens with zero attached hydrogens (tertiary/aromatic N) is 1. The number of hydrogen-bond acceptors (Lipinski definition) is 3. The van der Waals surface area contributed by atoms with Gasteiger partial charge in [0.15, 0.2) is 0 Å². The minimum Gasteiger partial charge on any atom is -0.350 e. The number of carbonyl (C=O) groups excluding carboxylic acids is 1. The maximum Gasteiger partial charge on any atom is 0.333 e. The highest BCUT2D eigenvalue weighted by molar-refractivity contribution is 7.54. The van der Waals surface area contributed by atoms with Crippen LogP contribution in [0.15, 0.2) is 4.47 Å². The molecule has 0 fully saturated rings. The number of rotatable bonds is 1. The van der Waals surface area contributed by atoms with Crippen LogP contribution in [0.2, 0.25) is 0 Å². The van der Waals surface area contributed by atoms with Gasteiger partial charge in [-0.3, -0.25) is 0 Å². The first kappa shape index (κ1) is 6.09. The molecule has 0 unspecified atom stereocenters. The van der Waals surface area contributed by atoms with Gasteiger partial charge in [-0.25, -0.2) is 10.2 Å². The van der Waals surface area contributed by atoms with Crippen LogP contribution in [-0.4, -0.2) is 10.2 Å². The molecule has 40 valence electrons. The molecule has 0 saturated heterocycles. The topological polar surface area (TPSA) is 84.6 Å². The molecule has 0 aliphatic carbocycles. The first-order chi connectivity index (χ1) is 3.27. The molecule has 2 amide bonds. The van der Waals surface area contributed by atoms with E-state index in [2.05, 4.69) is 10.2 Å². The maximum absolute atomic E-state index is 9.62. The Hall–Kier alpha value is -0.910. The standard InChI is InChI=1S/CH3N3O2S/c2-1(5)3-4-7-6/h(H3,2,3,5). The van der Waals surface area contributed by atoms with Gasteiger partial charge in [0.05, 0.1) is 0 Å². The smallest absolute Gasteiger partial charge is 0.333 e. The maximum atomic E-state index is 9.62. The molecule has 0 heterocycles. The van der Waals surface area contributed by atoms with Gasteiger partial charge in [0, 0.05) is 0 Å². The van der Waals surface area contributed by atoms with Crippen LogP contribution in [-0.2, 0) is 11.5 Å². The Morgan fingerprint density at radius 3 is 2.57 bits per heavy atom. The van der Waals surface area contributed by atoms with Crippen LogP contribution in [0, 0.1) is 0 Å². The van der Waals surface area contributed by atoms with Crippen LogP contribution in [0.25, 0.3) is 0 Å². The molecule has 0 atom stereocenters. The third kappa shape index (κ3) is 5.09. The Balaban J connectivity index is 3.32. The van der Waals surface area contributed by atoms with Gasteiger partial charge in [0.2, 0.25) is 11.5 Å². The first-order valence-corrected chi connectivity index (χ1v) is 2.01. The third-order valence-electron chi connectivity index (χ3n) is 0.193. The van der Waals surface area contributed by atoms with E-state index in [9.17, 15) is 9.00 Å². The number of carbonyl (C=O) groups is 1. The lowest BCUT2D eigenvalue weighted by atomic mass is 11.2. The van der Waals surface area contributed by atoms with E-state index in [0.717, 1.165) is 0 Å². The van der Waals surface area contributed by atoms with Crippen molar-refractivity contribution in [2.45, 2.75) is 0 Å². The monoisotopic (exact) mass is 121 g/mol. The van der Waals surface area contributed by atoms with E-state index in [0.29, 0.717) is 0 Å². The van der Waals surface area contributed by atoms with E-state index in [1.165, 1.54) is 0 Å². The summed E-state index contributed by atoms with van der Waals surface area (Å²) in [6.45, 7) is 0. The molecule has 3 N–H and O–H groups in total. The average molecular weight is 121 g/mol. The fourth-order valence-corrected chi connectivity index (χ4v) is 0.191. The molecule has 0 aliphatic rings. The van der Waals surface area contributed by atoms with Gasteiger partial charge in [-0.2, -0.15) is 4.21 Å². The molecule has 0 aromatic rings. The normalized spacial score (nSPS) is 6.86. The van der Waals surface area contributed by atoms with Crippen molar-refractivity contribution < 1.29 is 9.00 Å². The average Bonchev–Trinajstić information content (AvgIpc) is 1.61. The second-order valence-electron chi connectivity index (χ2n) is 0.642. The van der Waals surface area contributed by atoms with Crippen LogP contribution < -0.4 is 11.2 Å². The summed E-state index contributed by atoms with van der Waals surface area (Å²) in [7, 11) is 0. The summed E-state index contributed by atoms with van der Waals surface area (Å²) >= 11 is -0.107. The van der Waals surface area contributed by atoms with Crippen molar-refractivity contribution in [2.24, 2.45) is 10.2 Å². The summed E-state index contributed by atoms with van der Waals surface area (Å²) in [5.41, 5.74) is 6.19. The Morgan fingerprint density at radius 1 is 1.86 bits per heavy atom. The summed E-state index contributed by atoms with van der Waals surface area (Å²) in [6.07, 6.45) is 0. The van der Waals surface area contributed by atoms with Crippen molar-refractivity contribution in [3.05, 3.63) is 0 Å². The zero-order valence-electron chi connectivity index (χ0n) is 3.25. The summed E-state index contributed by atoms with van der Waals surface area (Å²) in [5.74, 6) is 0. The Kier molecular flexibility index (Phi) is 2.86. The fourth-order valence-electron chi connectivity index (χ4n) is 0.0636. The molecule has 7 heavy (non-hydrogen) atoms. The van der Waals surface area contributed by atoms with Crippen molar-refractivity contribution >= 4 is 17.5 Å². The Morgan fingerprint density at radius 2 is 2.43 bits per heavy atom. The molecule has 0 aliphatic heterocycles. The van der Waals surface area contributed by atoms with Gasteiger partial charge in [0.25, 0.3) is 0 Å². The number of hydrogen-bond donors (Lipinski definition) is 2. The van der Waals surface area contributed by atoms with Gasteiger partial charge >= 0.3 is 6.03 Å². The van der Waals surface area contributed by atoms with Crippen LogP contribution in [0.5, 0.6) is 0 Å². The molecular weight excluding hydrogens is 118 g/mol. The van der Waals surface area contributed by atoms with Gasteiger partial charge in [-0.05, 0) is 0 Å². The highest BCUT2D eigenvalue weighted by atomic mass is 32.1. The van der Waals surface area contributed by atoms with Crippen molar-refractivity contribution in [2.75, 3.05) is 0 Å². The molecule has 0 aromatic heterocycles. The molecule has 0 aromatic carbocycles. The van der Waals surface area contributed by atoms with E-state index in [1.54, 1.807) is 5.43 Å². The highest BCUT2D eigenvalue weighted by Gasteiger charge is 1.80. The predicted octanol–water partition coefficient (Wildman–Crippen LogP) is -1.03. The van der Waals surface area contributed by atoms with Gasteiger partial charge in [0.1, 0.15) is 0 Å². The lowest BCUT2D eigenvalue weighted by Crippen LogP contribution is -2.23. The van der Waals surface area contributed by atoms with E-state index in [4.69, 9.17) is 0 Å². The third-order valence-corrected chi connectivity index (χ3v) is 0.359. The van der Waals surface area contributed by atoms with Crippen molar-refractivity contribution in [3.8, 4) is 0 Å². The number of nitrogens with one attached hydrogen (secondary N) is 1. The number of nitrogens with two attached hydrogens (primary N) is 1. The van der Waals surface area contributed by atoms with Crippen molar-refractivity contribution in [3.63, 3.8) is 0 Å². The molecule has 0 rings (SSSR count). The SMILES string of the molecule is NC(=O)NN=S=O. The zero-order valence-corrected chi connectivity index (χ0v) is 4.07. The molecule has 0 bridgehead atoms. The molecule has 5 nitrogen and oxygen atoms in total. The molecular formula is CH3N3O2S.